The van der Waals surface area contributed by atoms with E-state index in [9.17, 15) is 9.59 Å². The first-order valence-corrected chi connectivity index (χ1v) is 8.41. The first-order chi connectivity index (χ1) is 10.1. The summed E-state index contributed by atoms with van der Waals surface area (Å²) < 4.78 is 0. The lowest BCUT2D eigenvalue weighted by atomic mass is 10.1. The molecule has 5 heteroatoms. The zero-order valence-electron chi connectivity index (χ0n) is 13.9. The van der Waals surface area contributed by atoms with Crippen molar-refractivity contribution in [2.24, 2.45) is 0 Å². The van der Waals surface area contributed by atoms with Crippen LogP contribution in [0.1, 0.15) is 52.9 Å². The molecule has 1 rings (SSSR count). The van der Waals surface area contributed by atoms with Gasteiger partial charge in [-0.3, -0.25) is 9.59 Å². The van der Waals surface area contributed by atoms with Crippen LogP contribution in [0, 0.1) is 0 Å². The molecule has 0 bridgehead atoms. The van der Waals surface area contributed by atoms with E-state index in [-0.39, 0.29) is 11.8 Å². The molecule has 0 aromatic rings. The molecular weight excluding hydrogens is 266 g/mol. The Hall–Kier alpha value is -1.10. The van der Waals surface area contributed by atoms with Crippen molar-refractivity contribution in [1.82, 2.24) is 15.1 Å². The van der Waals surface area contributed by atoms with Crippen LogP contribution < -0.4 is 5.32 Å². The van der Waals surface area contributed by atoms with Crippen LogP contribution in [0.2, 0.25) is 0 Å². The van der Waals surface area contributed by atoms with Crippen molar-refractivity contribution in [2.45, 2.75) is 58.9 Å². The molecule has 0 spiro atoms. The fourth-order valence-corrected chi connectivity index (χ4v) is 2.93. The van der Waals surface area contributed by atoms with E-state index in [0.29, 0.717) is 25.3 Å². The van der Waals surface area contributed by atoms with Crippen LogP contribution in [0.5, 0.6) is 0 Å². The molecule has 0 aromatic carbocycles. The minimum Gasteiger partial charge on any atom is -0.343 e. The molecule has 0 aromatic heterocycles. The Kier molecular flexibility index (Phi) is 8.35. The maximum absolute atomic E-state index is 12.4. The molecule has 0 aliphatic carbocycles. The summed E-state index contributed by atoms with van der Waals surface area (Å²) in [4.78, 5) is 28.2. The first kappa shape index (κ1) is 18.0. The SMILES string of the molecule is CCCN(C(=O)CCCC(=O)N(CC)CC)C1CCNC1. The van der Waals surface area contributed by atoms with Gasteiger partial charge in [-0.1, -0.05) is 6.92 Å². The minimum atomic E-state index is 0.164. The molecule has 1 saturated heterocycles. The van der Waals surface area contributed by atoms with Crippen molar-refractivity contribution in [1.29, 1.82) is 0 Å². The van der Waals surface area contributed by atoms with E-state index in [0.717, 1.165) is 45.6 Å². The van der Waals surface area contributed by atoms with Gasteiger partial charge in [0, 0.05) is 45.1 Å². The summed E-state index contributed by atoms with van der Waals surface area (Å²) >= 11 is 0. The van der Waals surface area contributed by atoms with Crippen LogP contribution in [0.3, 0.4) is 0 Å². The lowest BCUT2D eigenvalue weighted by molar-refractivity contribution is -0.134. The third-order valence-electron chi connectivity index (χ3n) is 4.16. The number of hydrogen-bond acceptors (Lipinski definition) is 3. The summed E-state index contributed by atoms with van der Waals surface area (Å²) in [5.41, 5.74) is 0. The van der Waals surface area contributed by atoms with E-state index in [1.807, 2.05) is 23.6 Å². The van der Waals surface area contributed by atoms with Gasteiger partial charge in [-0.2, -0.15) is 0 Å². The van der Waals surface area contributed by atoms with E-state index >= 15 is 0 Å². The monoisotopic (exact) mass is 297 g/mol. The number of nitrogens with one attached hydrogen (secondary N) is 1. The largest absolute Gasteiger partial charge is 0.343 e. The number of carbonyl (C=O) groups excluding carboxylic acids is 2. The summed E-state index contributed by atoms with van der Waals surface area (Å²) in [7, 11) is 0. The molecule has 0 radical (unpaired) electrons. The van der Waals surface area contributed by atoms with Crippen molar-refractivity contribution in [2.75, 3.05) is 32.7 Å². The molecule has 1 fully saturated rings. The molecule has 1 aliphatic rings. The van der Waals surface area contributed by atoms with Crippen LogP contribution in [0.4, 0.5) is 0 Å². The van der Waals surface area contributed by atoms with Crippen LogP contribution >= 0.6 is 0 Å². The number of rotatable bonds is 9. The average molecular weight is 297 g/mol. The zero-order valence-corrected chi connectivity index (χ0v) is 13.9. The van der Waals surface area contributed by atoms with Gasteiger partial charge in [-0.05, 0) is 39.7 Å². The maximum Gasteiger partial charge on any atom is 0.222 e. The Labute approximate surface area is 129 Å². The summed E-state index contributed by atoms with van der Waals surface area (Å²) in [6.45, 7) is 10.3. The number of carbonyl (C=O) groups is 2. The van der Waals surface area contributed by atoms with Crippen molar-refractivity contribution >= 4 is 11.8 Å². The second-order valence-electron chi connectivity index (χ2n) is 5.65. The lowest BCUT2D eigenvalue weighted by Gasteiger charge is -2.28. The van der Waals surface area contributed by atoms with Crippen LogP contribution in [0.15, 0.2) is 0 Å². The van der Waals surface area contributed by atoms with Gasteiger partial charge in [0.25, 0.3) is 0 Å². The highest BCUT2D eigenvalue weighted by atomic mass is 16.2. The fourth-order valence-electron chi connectivity index (χ4n) is 2.93. The minimum absolute atomic E-state index is 0.164. The van der Waals surface area contributed by atoms with Crippen LogP contribution in [-0.4, -0.2) is 60.4 Å². The fraction of sp³-hybridized carbons (Fsp3) is 0.875. The third-order valence-corrected chi connectivity index (χ3v) is 4.16. The third kappa shape index (κ3) is 5.65. The van der Waals surface area contributed by atoms with Crippen LogP contribution in [0.25, 0.3) is 0 Å². The summed E-state index contributed by atoms with van der Waals surface area (Å²) in [6, 6.07) is 0.343. The topological polar surface area (TPSA) is 52.7 Å². The van der Waals surface area contributed by atoms with Gasteiger partial charge in [0.1, 0.15) is 0 Å². The Bertz CT molecular complexity index is 323. The Morgan fingerprint density at radius 1 is 1.10 bits per heavy atom. The standard InChI is InChI=1S/C16H31N3O2/c1-4-12-19(14-10-11-17-13-14)16(21)9-7-8-15(20)18(5-2)6-3/h14,17H,4-13H2,1-3H3. The summed E-state index contributed by atoms with van der Waals surface area (Å²) in [5.74, 6) is 0.371. The molecular formula is C16H31N3O2. The molecule has 2 amide bonds. The van der Waals surface area contributed by atoms with Crippen LogP contribution in [-0.2, 0) is 9.59 Å². The maximum atomic E-state index is 12.4. The molecule has 1 N–H and O–H groups in total. The zero-order chi connectivity index (χ0) is 15.7. The highest BCUT2D eigenvalue weighted by molar-refractivity contribution is 5.79. The number of hydrogen-bond donors (Lipinski definition) is 1. The van der Waals surface area contributed by atoms with Gasteiger partial charge < -0.3 is 15.1 Å². The van der Waals surface area contributed by atoms with E-state index < -0.39 is 0 Å². The number of nitrogens with zero attached hydrogens (tertiary/aromatic N) is 2. The second kappa shape index (κ2) is 9.77. The van der Waals surface area contributed by atoms with Crippen molar-refractivity contribution in [3.63, 3.8) is 0 Å². The Balaban J connectivity index is 2.37. The van der Waals surface area contributed by atoms with Crippen molar-refractivity contribution < 1.29 is 9.59 Å². The average Bonchev–Trinajstić information content (AvgIpc) is 2.99. The molecule has 1 aliphatic heterocycles. The van der Waals surface area contributed by atoms with Gasteiger partial charge in [0.05, 0.1) is 0 Å². The highest BCUT2D eigenvalue weighted by Crippen LogP contribution is 2.13. The van der Waals surface area contributed by atoms with Gasteiger partial charge in [-0.15, -0.1) is 0 Å². The summed E-state index contributed by atoms with van der Waals surface area (Å²) in [6.07, 6.45) is 3.67. The van der Waals surface area contributed by atoms with E-state index in [4.69, 9.17) is 0 Å². The summed E-state index contributed by atoms with van der Waals surface area (Å²) in [5, 5.41) is 3.32. The normalized spacial score (nSPS) is 17.8. The predicted molar refractivity (Wildman–Crippen MR) is 85.1 cm³/mol. The molecule has 21 heavy (non-hydrogen) atoms. The van der Waals surface area contributed by atoms with Gasteiger partial charge >= 0.3 is 0 Å². The molecule has 122 valence electrons. The van der Waals surface area contributed by atoms with E-state index in [1.54, 1.807) is 0 Å². The van der Waals surface area contributed by atoms with Gasteiger partial charge in [0.2, 0.25) is 11.8 Å². The lowest BCUT2D eigenvalue weighted by Crippen LogP contribution is -2.42. The molecule has 1 unspecified atom stereocenters. The highest BCUT2D eigenvalue weighted by Gasteiger charge is 2.25. The quantitative estimate of drug-likeness (QED) is 0.704. The van der Waals surface area contributed by atoms with Crippen molar-refractivity contribution in [3.8, 4) is 0 Å². The van der Waals surface area contributed by atoms with Gasteiger partial charge in [-0.25, -0.2) is 0 Å². The predicted octanol–water partition coefficient (Wildman–Crippen LogP) is 1.63. The molecule has 5 nitrogen and oxygen atoms in total. The molecule has 1 atom stereocenters. The Morgan fingerprint density at radius 2 is 1.76 bits per heavy atom. The smallest absolute Gasteiger partial charge is 0.222 e. The van der Waals surface area contributed by atoms with E-state index in [1.165, 1.54) is 0 Å². The van der Waals surface area contributed by atoms with Gasteiger partial charge in [0.15, 0.2) is 0 Å². The molecule has 0 saturated carbocycles. The van der Waals surface area contributed by atoms with Crippen molar-refractivity contribution in [3.05, 3.63) is 0 Å². The first-order valence-electron chi connectivity index (χ1n) is 8.41. The number of amides is 2. The molecule has 1 heterocycles. The Morgan fingerprint density at radius 3 is 2.29 bits per heavy atom. The second-order valence-corrected chi connectivity index (χ2v) is 5.65. The van der Waals surface area contributed by atoms with E-state index in [2.05, 4.69) is 12.2 Å².